The third-order valence-corrected chi connectivity index (χ3v) is 3.44. The highest BCUT2D eigenvalue weighted by molar-refractivity contribution is 5.97. The van der Waals surface area contributed by atoms with Crippen LogP contribution < -0.4 is 0 Å². The Morgan fingerprint density at radius 1 is 1.00 bits per heavy atom. The Morgan fingerprint density at radius 2 is 1.56 bits per heavy atom. The maximum atomic E-state index is 11.6. The van der Waals surface area contributed by atoms with E-state index in [1.807, 2.05) is 0 Å². The first-order valence-electron chi connectivity index (χ1n) is 6.61. The van der Waals surface area contributed by atoms with Crippen LogP contribution in [-0.2, 0) is 22.4 Å². The Kier molecular flexibility index (Phi) is 4.13. The molecule has 3 heteroatoms. The summed E-state index contributed by atoms with van der Waals surface area (Å²) in [4.78, 5) is 24.7. The second-order valence-corrected chi connectivity index (χ2v) is 4.71. The summed E-state index contributed by atoms with van der Waals surface area (Å²) in [6, 6.07) is 8.37. The monoisotopic (exact) mass is 245 g/mol. The quantitative estimate of drug-likeness (QED) is 0.763. The maximum Gasteiger partial charge on any atom is 0.229 e. The fourth-order valence-corrected chi connectivity index (χ4v) is 2.23. The molecule has 0 saturated carbocycles. The van der Waals surface area contributed by atoms with Crippen molar-refractivity contribution in [1.29, 1.82) is 0 Å². The SMILES string of the molecule is CCc1ccc(CCN2C(=O)CCCC2=O)cc1. The maximum absolute atomic E-state index is 11.6. The van der Waals surface area contributed by atoms with E-state index < -0.39 is 0 Å². The molecule has 18 heavy (non-hydrogen) atoms. The number of aryl methyl sites for hydroxylation is 1. The highest BCUT2D eigenvalue weighted by Gasteiger charge is 2.25. The van der Waals surface area contributed by atoms with Crippen LogP contribution in [0.15, 0.2) is 24.3 Å². The lowest BCUT2D eigenvalue weighted by Crippen LogP contribution is -2.41. The molecule has 1 fully saturated rings. The topological polar surface area (TPSA) is 37.4 Å². The number of nitrogens with zero attached hydrogens (tertiary/aromatic N) is 1. The number of rotatable bonds is 4. The molecule has 1 aromatic rings. The standard InChI is InChI=1S/C15H19NO2/c1-2-12-6-8-13(9-7-12)10-11-16-14(17)4-3-5-15(16)18/h6-9H,2-5,10-11H2,1H3. The van der Waals surface area contributed by atoms with Gasteiger partial charge in [-0.05, 0) is 30.4 Å². The molecule has 0 unspecified atom stereocenters. The number of amides is 2. The molecule has 96 valence electrons. The first kappa shape index (κ1) is 12.8. The smallest absolute Gasteiger partial charge is 0.229 e. The predicted octanol–water partition coefficient (Wildman–Crippen LogP) is 2.33. The van der Waals surface area contributed by atoms with Gasteiger partial charge in [-0.2, -0.15) is 0 Å². The molecule has 0 aromatic heterocycles. The minimum atomic E-state index is -0.0172. The molecule has 3 nitrogen and oxygen atoms in total. The molecule has 0 radical (unpaired) electrons. The van der Waals surface area contributed by atoms with Gasteiger partial charge in [0.2, 0.25) is 11.8 Å². The van der Waals surface area contributed by atoms with Gasteiger partial charge in [-0.25, -0.2) is 0 Å². The molecular weight excluding hydrogens is 226 g/mol. The third-order valence-electron chi connectivity index (χ3n) is 3.44. The molecule has 0 N–H and O–H groups in total. The van der Waals surface area contributed by atoms with Crippen molar-refractivity contribution < 1.29 is 9.59 Å². The molecule has 1 saturated heterocycles. The normalized spacial score (nSPS) is 16.2. The minimum absolute atomic E-state index is 0.0172. The van der Waals surface area contributed by atoms with E-state index in [2.05, 4.69) is 31.2 Å². The number of carbonyl (C=O) groups is 2. The number of imide groups is 1. The van der Waals surface area contributed by atoms with Crippen LogP contribution in [0.3, 0.4) is 0 Å². The molecule has 0 spiro atoms. The second-order valence-electron chi connectivity index (χ2n) is 4.71. The van der Waals surface area contributed by atoms with E-state index in [-0.39, 0.29) is 11.8 Å². The molecule has 1 aliphatic rings. The van der Waals surface area contributed by atoms with E-state index in [1.54, 1.807) is 0 Å². The van der Waals surface area contributed by atoms with Crippen molar-refractivity contribution in [2.24, 2.45) is 0 Å². The highest BCUT2D eigenvalue weighted by Crippen LogP contribution is 2.13. The molecule has 2 rings (SSSR count). The average Bonchev–Trinajstić information content (AvgIpc) is 2.39. The Balaban J connectivity index is 1.93. The van der Waals surface area contributed by atoms with Gasteiger partial charge in [0.05, 0.1) is 0 Å². The van der Waals surface area contributed by atoms with E-state index in [4.69, 9.17) is 0 Å². The summed E-state index contributed by atoms with van der Waals surface area (Å²) >= 11 is 0. The first-order chi connectivity index (χ1) is 8.70. The fraction of sp³-hybridized carbons (Fsp3) is 0.467. The lowest BCUT2D eigenvalue weighted by atomic mass is 10.1. The van der Waals surface area contributed by atoms with Gasteiger partial charge < -0.3 is 0 Å². The van der Waals surface area contributed by atoms with Crippen molar-refractivity contribution >= 4 is 11.8 Å². The van der Waals surface area contributed by atoms with Crippen LogP contribution in [0.25, 0.3) is 0 Å². The Bertz CT molecular complexity index is 420. The van der Waals surface area contributed by atoms with Gasteiger partial charge >= 0.3 is 0 Å². The van der Waals surface area contributed by atoms with Gasteiger partial charge in [-0.1, -0.05) is 31.2 Å². The Labute approximate surface area is 108 Å². The molecule has 1 aliphatic heterocycles. The largest absolute Gasteiger partial charge is 0.282 e. The van der Waals surface area contributed by atoms with Crippen LogP contribution in [0.1, 0.15) is 37.3 Å². The third kappa shape index (κ3) is 2.97. The van der Waals surface area contributed by atoms with Crippen LogP contribution in [0.4, 0.5) is 0 Å². The van der Waals surface area contributed by atoms with E-state index in [9.17, 15) is 9.59 Å². The molecule has 0 aliphatic carbocycles. The number of benzene rings is 1. The van der Waals surface area contributed by atoms with E-state index in [0.717, 1.165) is 12.8 Å². The average molecular weight is 245 g/mol. The zero-order chi connectivity index (χ0) is 13.0. The summed E-state index contributed by atoms with van der Waals surface area (Å²) in [6.07, 6.45) is 3.52. The molecule has 0 bridgehead atoms. The van der Waals surface area contributed by atoms with Crippen molar-refractivity contribution in [2.45, 2.75) is 39.0 Å². The van der Waals surface area contributed by atoms with Crippen molar-refractivity contribution in [1.82, 2.24) is 4.90 Å². The van der Waals surface area contributed by atoms with Gasteiger partial charge in [0, 0.05) is 19.4 Å². The predicted molar refractivity (Wildman–Crippen MR) is 70.1 cm³/mol. The van der Waals surface area contributed by atoms with E-state index >= 15 is 0 Å². The summed E-state index contributed by atoms with van der Waals surface area (Å²) < 4.78 is 0. The number of hydrogen-bond donors (Lipinski definition) is 0. The summed E-state index contributed by atoms with van der Waals surface area (Å²) in [6.45, 7) is 2.64. The highest BCUT2D eigenvalue weighted by atomic mass is 16.2. The molecule has 1 aromatic carbocycles. The Morgan fingerprint density at radius 3 is 2.11 bits per heavy atom. The summed E-state index contributed by atoms with van der Waals surface area (Å²) in [5.41, 5.74) is 2.49. The van der Waals surface area contributed by atoms with Gasteiger partial charge in [-0.3, -0.25) is 14.5 Å². The van der Waals surface area contributed by atoms with Gasteiger partial charge in [0.1, 0.15) is 0 Å². The van der Waals surface area contributed by atoms with Gasteiger partial charge in [-0.15, -0.1) is 0 Å². The Hall–Kier alpha value is -1.64. The van der Waals surface area contributed by atoms with Crippen molar-refractivity contribution in [3.05, 3.63) is 35.4 Å². The van der Waals surface area contributed by atoms with E-state index in [1.165, 1.54) is 16.0 Å². The molecule has 1 heterocycles. The van der Waals surface area contributed by atoms with Crippen LogP contribution >= 0.6 is 0 Å². The number of piperidine rings is 1. The lowest BCUT2D eigenvalue weighted by molar-refractivity contribution is -0.147. The zero-order valence-corrected chi connectivity index (χ0v) is 10.8. The van der Waals surface area contributed by atoms with Crippen LogP contribution in [0.2, 0.25) is 0 Å². The van der Waals surface area contributed by atoms with E-state index in [0.29, 0.717) is 25.8 Å². The fourth-order valence-electron chi connectivity index (χ4n) is 2.23. The van der Waals surface area contributed by atoms with Gasteiger partial charge in [0.15, 0.2) is 0 Å². The van der Waals surface area contributed by atoms with Crippen LogP contribution in [-0.4, -0.2) is 23.3 Å². The molecule has 2 amide bonds. The van der Waals surface area contributed by atoms with Crippen LogP contribution in [0.5, 0.6) is 0 Å². The molecule has 0 atom stereocenters. The first-order valence-corrected chi connectivity index (χ1v) is 6.61. The number of likely N-dealkylation sites (tertiary alicyclic amines) is 1. The second kappa shape index (κ2) is 5.80. The van der Waals surface area contributed by atoms with Crippen molar-refractivity contribution in [3.8, 4) is 0 Å². The zero-order valence-electron chi connectivity index (χ0n) is 10.8. The summed E-state index contributed by atoms with van der Waals surface area (Å²) in [5, 5.41) is 0. The molecular formula is C15H19NO2. The van der Waals surface area contributed by atoms with Crippen molar-refractivity contribution in [3.63, 3.8) is 0 Å². The number of carbonyl (C=O) groups excluding carboxylic acids is 2. The summed E-state index contributed by atoms with van der Waals surface area (Å²) in [5.74, 6) is -0.0344. The van der Waals surface area contributed by atoms with Crippen molar-refractivity contribution in [2.75, 3.05) is 6.54 Å². The minimum Gasteiger partial charge on any atom is -0.282 e. The van der Waals surface area contributed by atoms with Crippen LogP contribution in [0, 0.1) is 0 Å². The number of hydrogen-bond acceptors (Lipinski definition) is 2. The van der Waals surface area contributed by atoms with Gasteiger partial charge in [0.25, 0.3) is 0 Å². The lowest BCUT2D eigenvalue weighted by Gasteiger charge is -2.24. The summed E-state index contributed by atoms with van der Waals surface area (Å²) in [7, 11) is 0.